The van der Waals surface area contributed by atoms with Gasteiger partial charge in [-0.3, -0.25) is 9.59 Å². The van der Waals surface area contributed by atoms with E-state index in [0.717, 1.165) is 47.1 Å². The minimum absolute atomic E-state index is 0.0493. The Balaban J connectivity index is 1.57. The van der Waals surface area contributed by atoms with Crippen molar-refractivity contribution >= 4 is 27.8 Å². The number of carbonyl (C=O) groups is 2. The molecule has 2 atom stereocenters. The second-order valence-corrected chi connectivity index (χ2v) is 10.2. The zero-order chi connectivity index (χ0) is 18.8. The van der Waals surface area contributed by atoms with E-state index in [0.29, 0.717) is 0 Å². The summed E-state index contributed by atoms with van der Waals surface area (Å²) >= 11 is 3.50. The molecule has 5 aliphatic rings. The van der Waals surface area contributed by atoms with E-state index in [2.05, 4.69) is 33.0 Å². The summed E-state index contributed by atoms with van der Waals surface area (Å²) in [5, 5.41) is 0. The van der Waals surface area contributed by atoms with Crippen LogP contribution in [0, 0.1) is 23.7 Å². The summed E-state index contributed by atoms with van der Waals surface area (Å²) in [5.41, 5.74) is 1.00. The molecular formula is C22H26BrNO3. The number of nitrogens with zero attached hydrogens (tertiary/aromatic N) is 1. The highest BCUT2D eigenvalue weighted by Crippen LogP contribution is 2.61. The minimum Gasteiger partial charge on any atom is -0.469 e. The number of hydrogen-bond donors (Lipinski definition) is 0. The molecule has 144 valence electrons. The molecule has 4 aliphatic carbocycles. The van der Waals surface area contributed by atoms with Crippen LogP contribution < -0.4 is 0 Å². The van der Waals surface area contributed by atoms with Gasteiger partial charge in [0.15, 0.2) is 0 Å². The van der Waals surface area contributed by atoms with Crippen molar-refractivity contribution in [2.45, 2.75) is 56.5 Å². The Hall–Kier alpha value is -1.36. The van der Waals surface area contributed by atoms with Crippen LogP contribution in [0.3, 0.4) is 0 Å². The van der Waals surface area contributed by atoms with Gasteiger partial charge >= 0.3 is 5.97 Å². The molecule has 1 aromatic carbocycles. The summed E-state index contributed by atoms with van der Waals surface area (Å²) in [5.74, 6) is 1.74. The third kappa shape index (κ3) is 2.76. The van der Waals surface area contributed by atoms with Gasteiger partial charge in [-0.2, -0.15) is 0 Å². The van der Waals surface area contributed by atoms with E-state index < -0.39 is 5.92 Å². The molecule has 6 rings (SSSR count). The van der Waals surface area contributed by atoms with Crippen molar-refractivity contribution in [2.75, 3.05) is 7.11 Å². The van der Waals surface area contributed by atoms with Crippen molar-refractivity contribution in [1.82, 2.24) is 4.90 Å². The van der Waals surface area contributed by atoms with Gasteiger partial charge in [-0.25, -0.2) is 0 Å². The first-order chi connectivity index (χ1) is 13.0. The Morgan fingerprint density at radius 2 is 1.63 bits per heavy atom. The Bertz CT molecular complexity index is 739. The molecular weight excluding hydrogens is 406 g/mol. The van der Waals surface area contributed by atoms with Crippen LogP contribution in [0.5, 0.6) is 0 Å². The minimum atomic E-state index is -0.406. The monoisotopic (exact) mass is 431 g/mol. The van der Waals surface area contributed by atoms with Gasteiger partial charge in [0.2, 0.25) is 5.91 Å². The summed E-state index contributed by atoms with van der Waals surface area (Å²) < 4.78 is 6.10. The van der Waals surface area contributed by atoms with Crippen molar-refractivity contribution in [2.24, 2.45) is 23.7 Å². The fraction of sp³-hybridized carbons (Fsp3) is 0.636. The summed E-state index contributed by atoms with van der Waals surface area (Å²) in [6.07, 6.45) is 7.64. The lowest BCUT2D eigenvalue weighted by atomic mass is 9.52. The van der Waals surface area contributed by atoms with Gasteiger partial charge in [0.1, 0.15) is 0 Å². The molecule has 4 nitrogen and oxygen atoms in total. The van der Waals surface area contributed by atoms with Gasteiger partial charge in [-0.05, 0) is 74.0 Å². The van der Waals surface area contributed by atoms with Crippen molar-refractivity contribution in [1.29, 1.82) is 0 Å². The van der Waals surface area contributed by atoms with Crippen LogP contribution in [-0.2, 0) is 14.3 Å². The van der Waals surface area contributed by atoms with Gasteiger partial charge in [-0.1, -0.05) is 28.1 Å². The molecule has 0 N–H and O–H groups in total. The number of esters is 1. The van der Waals surface area contributed by atoms with E-state index in [1.54, 1.807) is 0 Å². The van der Waals surface area contributed by atoms with Crippen molar-refractivity contribution in [3.63, 3.8) is 0 Å². The maximum absolute atomic E-state index is 13.3. The van der Waals surface area contributed by atoms with E-state index in [4.69, 9.17) is 4.74 Å². The Kier molecular flexibility index (Phi) is 4.15. The molecule has 0 aromatic heterocycles. The first-order valence-corrected chi connectivity index (χ1v) is 10.9. The predicted molar refractivity (Wildman–Crippen MR) is 105 cm³/mol. The third-order valence-electron chi connectivity index (χ3n) is 7.55. The molecule has 1 aliphatic heterocycles. The normalized spacial score (nSPS) is 39.9. The lowest BCUT2D eigenvalue weighted by Gasteiger charge is -2.61. The Morgan fingerprint density at radius 3 is 2.15 bits per heavy atom. The van der Waals surface area contributed by atoms with Gasteiger partial charge in [0, 0.05) is 16.4 Å². The molecule has 27 heavy (non-hydrogen) atoms. The van der Waals surface area contributed by atoms with Crippen LogP contribution in [0.4, 0.5) is 0 Å². The van der Waals surface area contributed by atoms with E-state index in [1.165, 1.54) is 26.4 Å². The van der Waals surface area contributed by atoms with Crippen molar-refractivity contribution in [3.8, 4) is 0 Å². The standard InChI is InChI=1S/C22H26BrNO3/c1-27-21(26)18-9-19(25)24(20(18)16-2-4-17(23)5-3-16)22-10-13-6-14(11-22)8-15(7-13)12-22/h2-5,13-15,18,20H,6-12H2,1H3/t13?,14?,15?,18-,20-,22?/m1/s1. The fourth-order valence-electron chi connectivity index (χ4n) is 7.06. The van der Waals surface area contributed by atoms with Crippen LogP contribution in [0.25, 0.3) is 0 Å². The van der Waals surface area contributed by atoms with Gasteiger partial charge in [0.25, 0.3) is 0 Å². The van der Waals surface area contributed by atoms with Crippen LogP contribution >= 0.6 is 15.9 Å². The topological polar surface area (TPSA) is 46.6 Å². The van der Waals surface area contributed by atoms with Crippen LogP contribution in [0.2, 0.25) is 0 Å². The number of amides is 1. The smallest absolute Gasteiger partial charge is 0.311 e. The zero-order valence-electron chi connectivity index (χ0n) is 15.7. The molecule has 1 aromatic rings. The average Bonchev–Trinajstić information content (AvgIpc) is 2.98. The van der Waals surface area contributed by atoms with Crippen molar-refractivity contribution in [3.05, 3.63) is 34.3 Å². The Morgan fingerprint density at radius 1 is 1.07 bits per heavy atom. The highest BCUT2D eigenvalue weighted by atomic mass is 79.9. The molecule has 0 spiro atoms. The van der Waals surface area contributed by atoms with Gasteiger partial charge in [-0.15, -0.1) is 0 Å². The molecule has 1 saturated heterocycles. The molecule has 1 amide bonds. The first kappa shape index (κ1) is 17.7. The number of benzene rings is 1. The third-order valence-corrected chi connectivity index (χ3v) is 8.08. The molecule has 5 heteroatoms. The maximum Gasteiger partial charge on any atom is 0.311 e. The second kappa shape index (κ2) is 6.33. The largest absolute Gasteiger partial charge is 0.469 e. The SMILES string of the molecule is COC(=O)[C@@H]1CC(=O)N(C23CC4CC(CC(C4)C2)C3)[C@@H]1c1ccc(Br)cc1. The zero-order valence-corrected chi connectivity index (χ0v) is 17.3. The number of likely N-dealkylation sites (tertiary alicyclic amines) is 1. The van der Waals surface area contributed by atoms with E-state index in [1.807, 2.05) is 12.1 Å². The van der Waals surface area contributed by atoms with Gasteiger partial charge < -0.3 is 9.64 Å². The quantitative estimate of drug-likeness (QED) is 0.662. The molecule has 4 saturated carbocycles. The van der Waals surface area contributed by atoms with E-state index >= 15 is 0 Å². The first-order valence-electron chi connectivity index (χ1n) is 10.1. The predicted octanol–water partition coefficient (Wildman–Crippen LogP) is 4.48. The van der Waals surface area contributed by atoms with E-state index in [-0.39, 0.29) is 29.9 Å². The Labute approximate surface area is 168 Å². The van der Waals surface area contributed by atoms with Gasteiger partial charge in [0.05, 0.1) is 19.1 Å². The number of rotatable bonds is 3. The fourth-order valence-corrected chi connectivity index (χ4v) is 7.32. The highest BCUT2D eigenvalue weighted by Gasteiger charge is 2.60. The molecule has 5 fully saturated rings. The summed E-state index contributed by atoms with van der Waals surface area (Å²) in [7, 11) is 1.43. The number of hydrogen-bond acceptors (Lipinski definition) is 3. The molecule has 4 bridgehead atoms. The number of ether oxygens (including phenoxy) is 1. The number of halogens is 1. The average molecular weight is 432 g/mol. The molecule has 1 heterocycles. The number of methoxy groups -OCH3 is 1. The summed E-state index contributed by atoms with van der Waals surface area (Å²) in [6, 6.07) is 7.91. The summed E-state index contributed by atoms with van der Waals surface area (Å²) in [4.78, 5) is 28.0. The molecule has 0 radical (unpaired) electrons. The number of carbonyl (C=O) groups excluding carboxylic acids is 2. The maximum atomic E-state index is 13.3. The highest BCUT2D eigenvalue weighted by molar-refractivity contribution is 9.10. The second-order valence-electron chi connectivity index (χ2n) is 9.24. The van der Waals surface area contributed by atoms with E-state index in [9.17, 15) is 9.59 Å². The lowest BCUT2D eigenvalue weighted by molar-refractivity contribution is -0.152. The van der Waals surface area contributed by atoms with Crippen LogP contribution in [-0.4, -0.2) is 29.4 Å². The van der Waals surface area contributed by atoms with Crippen molar-refractivity contribution < 1.29 is 14.3 Å². The van der Waals surface area contributed by atoms with Crippen LogP contribution in [0.15, 0.2) is 28.7 Å². The lowest BCUT2D eigenvalue weighted by Crippen LogP contribution is -2.61. The van der Waals surface area contributed by atoms with Crippen LogP contribution in [0.1, 0.15) is 56.6 Å². The molecule has 0 unspecified atom stereocenters. The summed E-state index contributed by atoms with van der Waals surface area (Å²) in [6.45, 7) is 0.